The second-order valence-corrected chi connectivity index (χ2v) is 8.39. The first-order valence-corrected chi connectivity index (χ1v) is 10.9. The topological polar surface area (TPSA) is 101 Å². The maximum absolute atomic E-state index is 14.9. The Morgan fingerprint density at radius 2 is 2.12 bits per heavy atom. The standard InChI is InChI=1S/C24H21FN8O/c1-14-15(10-23(34)28-14)9-16-13-27-33-22(29-17-3-4-17)12-21(31-24(16)33)30-20-6-5-18(11-19(20)25)32-8-2-7-26-32/h2,5-9,11-13,17,29H,1,3-4,10H2,(H,28,34)(H,30,31)/b15-9+. The van der Waals surface area contributed by atoms with Gasteiger partial charge in [-0.1, -0.05) is 6.58 Å². The van der Waals surface area contributed by atoms with E-state index in [4.69, 9.17) is 4.98 Å². The van der Waals surface area contributed by atoms with Gasteiger partial charge in [-0.3, -0.25) is 4.79 Å². The number of amides is 1. The lowest BCUT2D eigenvalue weighted by atomic mass is 10.1. The molecule has 6 rings (SSSR count). The summed E-state index contributed by atoms with van der Waals surface area (Å²) < 4.78 is 18.2. The molecular weight excluding hydrogens is 435 g/mol. The molecule has 1 saturated carbocycles. The van der Waals surface area contributed by atoms with Crippen molar-refractivity contribution in [1.82, 2.24) is 29.7 Å². The number of rotatable bonds is 6. The smallest absolute Gasteiger partial charge is 0.228 e. The summed E-state index contributed by atoms with van der Waals surface area (Å²) >= 11 is 0. The van der Waals surface area contributed by atoms with Crippen LogP contribution in [0.15, 0.2) is 66.8 Å². The molecule has 0 radical (unpaired) electrons. The molecule has 4 heterocycles. The van der Waals surface area contributed by atoms with Gasteiger partial charge < -0.3 is 16.0 Å². The van der Waals surface area contributed by atoms with Crippen molar-refractivity contribution in [2.24, 2.45) is 0 Å². The lowest BCUT2D eigenvalue weighted by Crippen LogP contribution is -2.10. The first kappa shape index (κ1) is 20.2. The minimum absolute atomic E-state index is 0.0897. The number of allylic oxidation sites excluding steroid dienone is 1. The lowest BCUT2D eigenvalue weighted by molar-refractivity contribution is -0.118. The van der Waals surface area contributed by atoms with E-state index >= 15 is 0 Å². The molecule has 2 aliphatic rings. The molecule has 2 fully saturated rings. The normalized spacial score (nSPS) is 16.9. The quantitative estimate of drug-likeness (QED) is 0.408. The summed E-state index contributed by atoms with van der Waals surface area (Å²) in [6, 6.07) is 8.84. The van der Waals surface area contributed by atoms with Crippen LogP contribution in [0.3, 0.4) is 0 Å². The molecule has 0 spiro atoms. The Kier molecular flexibility index (Phi) is 4.65. The highest BCUT2D eigenvalue weighted by atomic mass is 19.1. The van der Waals surface area contributed by atoms with E-state index in [2.05, 4.69) is 32.7 Å². The predicted octanol–water partition coefficient (Wildman–Crippen LogP) is 3.79. The van der Waals surface area contributed by atoms with Crippen LogP contribution in [0.2, 0.25) is 0 Å². The van der Waals surface area contributed by atoms with Crippen molar-refractivity contribution in [1.29, 1.82) is 0 Å². The zero-order valence-electron chi connectivity index (χ0n) is 18.1. The molecule has 0 bridgehead atoms. The van der Waals surface area contributed by atoms with Crippen LogP contribution in [0, 0.1) is 5.82 Å². The van der Waals surface area contributed by atoms with Crippen LogP contribution in [-0.2, 0) is 4.79 Å². The van der Waals surface area contributed by atoms with Crippen molar-refractivity contribution in [3.8, 4) is 5.69 Å². The minimum atomic E-state index is -0.422. The van der Waals surface area contributed by atoms with Gasteiger partial charge in [-0.25, -0.2) is 14.1 Å². The van der Waals surface area contributed by atoms with Crippen molar-refractivity contribution >= 4 is 35.0 Å². The Bertz CT molecular complexity index is 1470. The monoisotopic (exact) mass is 456 g/mol. The van der Waals surface area contributed by atoms with E-state index in [-0.39, 0.29) is 12.3 Å². The van der Waals surface area contributed by atoms with Gasteiger partial charge in [-0.15, -0.1) is 0 Å². The number of hydrogen-bond acceptors (Lipinski definition) is 6. The molecule has 1 saturated heterocycles. The van der Waals surface area contributed by atoms with E-state index in [1.807, 2.05) is 12.1 Å². The van der Waals surface area contributed by atoms with Crippen molar-refractivity contribution in [3.05, 3.63) is 78.2 Å². The van der Waals surface area contributed by atoms with Crippen molar-refractivity contribution in [2.45, 2.75) is 25.3 Å². The molecule has 3 aromatic heterocycles. The summed E-state index contributed by atoms with van der Waals surface area (Å²) in [5, 5.41) is 17.9. The molecule has 4 aromatic rings. The predicted molar refractivity (Wildman–Crippen MR) is 126 cm³/mol. The third-order valence-electron chi connectivity index (χ3n) is 5.77. The number of anilines is 3. The maximum atomic E-state index is 14.9. The Labute approximate surface area is 194 Å². The minimum Gasteiger partial charge on any atom is -0.367 e. The van der Waals surface area contributed by atoms with Crippen LogP contribution in [0.1, 0.15) is 24.8 Å². The fourth-order valence-corrected chi connectivity index (χ4v) is 3.89. The molecule has 3 N–H and O–H groups in total. The highest BCUT2D eigenvalue weighted by molar-refractivity contribution is 5.89. The highest BCUT2D eigenvalue weighted by Gasteiger charge is 2.24. The molecule has 0 unspecified atom stereocenters. The van der Waals surface area contributed by atoms with Gasteiger partial charge in [0, 0.05) is 41.8 Å². The summed E-state index contributed by atoms with van der Waals surface area (Å²) in [7, 11) is 0. The molecule has 1 aromatic carbocycles. The van der Waals surface area contributed by atoms with Crippen LogP contribution < -0.4 is 16.0 Å². The van der Waals surface area contributed by atoms with E-state index in [1.165, 1.54) is 6.07 Å². The molecule has 34 heavy (non-hydrogen) atoms. The number of aromatic nitrogens is 5. The maximum Gasteiger partial charge on any atom is 0.228 e. The number of nitrogens with zero attached hydrogens (tertiary/aromatic N) is 5. The Hall–Kier alpha value is -4.47. The first-order valence-electron chi connectivity index (χ1n) is 10.9. The SMILES string of the molecule is C=C1NC(=O)C/C1=C\c1cnn2c(NC3CC3)cc(Nc3ccc(-n4cccn4)cc3F)nc12. The highest BCUT2D eigenvalue weighted by Crippen LogP contribution is 2.30. The number of carbonyl (C=O) groups excluding carboxylic acids is 1. The molecule has 1 aliphatic carbocycles. The Morgan fingerprint density at radius 1 is 1.24 bits per heavy atom. The Balaban J connectivity index is 1.38. The molecule has 170 valence electrons. The van der Waals surface area contributed by atoms with Gasteiger partial charge in [-0.05, 0) is 42.7 Å². The summed E-state index contributed by atoms with van der Waals surface area (Å²) in [6.07, 6.45) is 9.39. The number of fused-ring (bicyclic) bond motifs is 1. The molecular formula is C24H21FN8O. The zero-order valence-corrected chi connectivity index (χ0v) is 18.1. The average molecular weight is 456 g/mol. The Morgan fingerprint density at radius 3 is 2.82 bits per heavy atom. The van der Waals surface area contributed by atoms with Gasteiger partial charge in [0.25, 0.3) is 0 Å². The van der Waals surface area contributed by atoms with E-state index in [1.54, 1.807) is 46.0 Å². The number of nitrogens with one attached hydrogen (secondary N) is 3. The summed E-state index contributed by atoms with van der Waals surface area (Å²) in [5.41, 5.74) is 3.61. The van der Waals surface area contributed by atoms with Crippen LogP contribution in [-0.4, -0.2) is 36.3 Å². The molecule has 10 heteroatoms. The summed E-state index contributed by atoms with van der Waals surface area (Å²) in [4.78, 5) is 16.4. The van der Waals surface area contributed by atoms with Gasteiger partial charge in [-0.2, -0.15) is 14.7 Å². The molecule has 9 nitrogen and oxygen atoms in total. The largest absolute Gasteiger partial charge is 0.367 e. The molecule has 1 amide bonds. The average Bonchev–Trinajstić information content (AvgIpc) is 3.18. The number of benzene rings is 1. The second-order valence-electron chi connectivity index (χ2n) is 8.39. The van der Waals surface area contributed by atoms with Crippen LogP contribution in [0.25, 0.3) is 17.4 Å². The summed E-state index contributed by atoms with van der Waals surface area (Å²) in [5.74, 6) is 0.718. The fraction of sp³-hybridized carbons (Fsp3) is 0.167. The van der Waals surface area contributed by atoms with Crippen molar-refractivity contribution in [3.63, 3.8) is 0 Å². The van der Waals surface area contributed by atoms with E-state index in [0.717, 1.165) is 29.8 Å². The lowest BCUT2D eigenvalue weighted by Gasteiger charge is -2.13. The van der Waals surface area contributed by atoms with Crippen LogP contribution in [0.5, 0.6) is 0 Å². The zero-order chi connectivity index (χ0) is 23.2. The third kappa shape index (κ3) is 3.79. The van der Waals surface area contributed by atoms with Gasteiger partial charge in [0.2, 0.25) is 5.91 Å². The van der Waals surface area contributed by atoms with Crippen molar-refractivity contribution < 1.29 is 9.18 Å². The van der Waals surface area contributed by atoms with Crippen LogP contribution >= 0.6 is 0 Å². The first-order chi connectivity index (χ1) is 16.5. The summed E-state index contributed by atoms with van der Waals surface area (Å²) in [6.45, 7) is 3.90. The fourth-order valence-electron chi connectivity index (χ4n) is 3.89. The van der Waals surface area contributed by atoms with E-state index < -0.39 is 5.82 Å². The van der Waals surface area contributed by atoms with Crippen LogP contribution in [0.4, 0.5) is 21.7 Å². The van der Waals surface area contributed by atoms with Gasteiger partial charge >= 0.3 is 0 Å². The van der Waals surface area contributed by atoms with E-state index in [9.17, 15) is 9.18 Å². The van der Waals surface area contributed by atoms with E-state index in [0.29, 0.717) is 34.6 Å². The van der Waals surface area contributed by atoms with Gasteiger partial charge in [0.05, 0.1) is 24.0 Å². The molecule has 1 aliphatic heterocycles. The third-order valence-corrected chi connectivity index (χ3v) is 5.77. The number of carbonyl (C=O) groups is 1. The molecule has 0 atom stereocenters. The van der Waals surface area contributed by atoms with Crippen molar-refractivity contribution in [2.75, 3.05) is 10.6 Å². The van der Waals surface area contributed by atoms with Gasteiger partial charge in [0.1, 0.15) is 17.5 Å². The number of hydrogen-bond donors (Lipinski definition) is 3. The second kappa shape index (κ2) is 7.84. The number of halogens is 1. The van der Waals surface area contributed by atoms with Gasteiger partial charge in [0.15, 0.2) is 5.65 Å².